The highest BCUT2D eigenvalue weighted by Gasteiger charge is 2.25. The third-order valence-corrected chi connectivity index (χ3v) is 4.93. The summed E-state index contributed by atoms with van der Waals surface area (Å²) in [6, 6.07) is 8.24. The molecule has 0 spiro atoms. The van der Waals surface area contributed by atoms with Crippen LogP contribution in [-0.4, -0.2) is 23.7 Å². The van der Waals surface area contributed by atoms with Gasteiger partial charge < -0.3 is 15.0 Å². The maximum atomic E-state index is 12.3. The summed E-state index contributed by atoms with van der Waals surface area (Å²) < 4.78 is 7.79. The summed E-state index contributed by atoms with van der Waals surface area (Å²) in [5, 5.41) is 0. The fourth-order valence-corrected chi connectivity index (χ4v) is 3.62. The maximum absolute atomic E-state index is 12.3. The fourth-order valence-electron chi connectivity index (χ4n) is 3.62. The number of ether oxygens (including phenoxy) is 1. The third-order valence-electron chi connectivity index (χ3n) is 4.93. The minimum atomic E-state index is -0.345. The summed E-state index contributed by atoms with van der Waals surface area (Å²) in [5.74, 6) is -0.345. The van der Waals surface area contributed by atoms with Gasteiger partial charge >= 0.3 is 0 Å². The molecule has 1 heterocycles. The molecule has 142 valence electrons. The van der Waals surface area contributed by atoms with Crippen LogP contribution in [0, 0.1) is 13.8 Å². The molecular formula is C22H32N2O2. The smallest absolute Gasteiger partial charge is 0.251 e. The Labute approximate surface area is 157 Å². The zero-order valence-corrected chi connectivity index (χ0v) is 16.6. The Kier molecular flexibility index (Phi) is 7.46. The van der Waals surface area contributed by atoms with Crippen LogP contribution < -0.4 is 5.73 Å². The van der Waals surface area contributed by atoms with E-state index in [0.717, 1.165) is 62.3 Å². The van der Waals surface area contributed by atoms with Gasteiger partial charge in [0.1, 0.15) is 0 Å². The summed E-state index contributed by atoms with van der Waals surface area (Å²) in [5.41, 5.74) is 12.0. The summed E-state index contributed by atoms with van der Waals surface area (Å²) in [6.45, 7) is 10.6. The van der Waals surface area contributed by atoms with Crippen molar-refractivity contribution in [2.24, 2.45) is 5.73 Å². The molecule has 2 N–H and O–H groups in total. The van der Waals surface area contributed by atoms with Crippen LogP contribution in [-0.2, 0) is 17.7 Å². The predicted molar refractivity (Wildman–Crippen MR) is 108 cm³/mol. The lowest BCUT2D eigenvalue weighted by molar-refractivity contribution is 0.1000. The predicted octanol–water partition coefficient (Wildman–Crippen LogP) is 4.64. The average Bonchev–Trinajstić information content (AvgIpc) is 2.89. The normalized spacial score (nSPS) is 11.1. The van der Waals surface area contributed by atoms with Crippen molar-refractivity contribution in [2.45, 2.75) is 59.9 Å². The van der Waals surface area contributed by atoms with E-state index >= 15 is 0 Å². The molecule has 1 aromatic heterocycles. The minimum Gasteiger partial charge on any atom is -0.382 e. The van der Waals surface area contributed by atoms with Crippen LogP contribution in [0.15, 0.2) is 24.3 Å². The second kappa shape index (κ2) is 9.58. The molecule has 0 aliphatic heterocycles. The molecule has 2 rings (SSSR count). The minimum absolute atomic E-state index is 0.345. The van der Waals surface area contributed by atoms with Gasteiger partial charge in [-0.2, -0.15) is 0 Å². The molecule has 0 unspecified atom stereocenters. The number of amides is 1. The first kappa shape index (κ1) is 20.2. The summed E-state index contributed by atoms with van der Waals surface area (Å²) in [4.78, 5) is 12.3. The monoisotopic (exact) mass is 356 g/mol. The number of aryl methyl sites for hydroxylation is 1. The lowest BCUT2D eigenvalue weighted by Gasteiger charge is -2.14. The molecular weight excluding hydrogens is 324 g/mol. The Bertz CT molecular complexity index is 747. The van der Waals surface area contributed by atoms with Crippen LogP contribution in [0.4, 0.5) is 0 Å². The van der Waals surface area contributed by atoms with E-state index in [2.05, 4.69) is 30.5 Å². The molecule has 26 heavy (non-hydrogen) atoms. The average molecular weight is 357 g/mol. The topological polar surface area (TPSA) is 57.2 Å². The number of hydrogen-bond acceptors (Lipinski definition) is 2. The molecule has 0 bridgehead atoms. The summed E-state index contributed by atoms with van der Waals surface area (Å²) >= 11 is 0. The van der Waals surface area contributed by atoms with E-state index < -0.39 is 0 Å². The van der Waals surface area contributed by atoms with E-state index in [1.165, 1.54) is 11.3 Å². The number of nitrogens with zero attached hydrogens (tertiary/aromatic N) is 1. The molecule has 0 saturated heterocycles. The van der Waals surface area contributed by atoms with E-state index in [4.69, 9.17) is 10.5 Å². The highest BCUT2D eigenvalue weighted by Crippen LogP contribution is 2.35. The number of carbonyl (C=O) groups excluding carboxylic acids is 1. The van der Waals surface area contributed by atoms with Crippen LogP contribution in [0.3, 0.4) is 0 Å². The SMILES string of the molecule is CCCCc1c(-c2ccccc2C)c(C(N)=O)c(C)n1CCCOCC. The van der Waals surface area contributed by atoms with Gasteiger partial charge in [-0.25, -0.2) is 0 Å². The lowest BCUT2D eigenvalue weighted by atomic mass is 9.94. The molecule has 2 aromatic rings. The highest BCUT2D eigenvalue weighted by atomic mass is 16.5. The van der Waals surface area contributed by atoms with Gasteiger partial charge in [0.05, 0.1) is 5.56 Å². The van der Waals surface area contributed by atoms with Crippen LogP contribution in [0.1, 0.15) is 60.4 Å². The Morgan fingerprint density at radius 1 is 1.15 bits per heavy atom. The molecule has 4 heteroatoms. The number of carbonyl (C=O) groups is 1. The Balaban J connectivity index is 2.59. The zero-order chi connectivity index (χ0) is 19.1. The first-order valence-corrected chi connectivity index (χ1v) is 9.68. The third kappa shape index (κ3) is 4.36. The van der Waals surface area contributed by atoms with Crippen molar-refractivity contribution in [3.63, 3.8) is 0 Å². The van der Waals surface area contributed by atoms with Crippen LogP contribution in [0.2, 0.25) is 0 Å². The maximum Gasteiger partial charge on any atom is 0.251 e. The number of nitrogens with two attached hydrogens (primary N) is 1. The number of unbranched alkanes of at least 4 members (excludes halogenated alkanes) is 1. The second-order valence-corrected chi connectivity index (χ2v) is 6.77. The zero-order valence-electron chi connectivity index (χ0n) is 16.6. The number of hydrogen-bond donors (Lipinski definition) is 1. The van der Waals surface area contributed by atoms with Crippen LogP contribution >= 0.6 is 0 Å². The Hall–Kier alpha value is -2.07. The van der Waals surface area contributed by atoms with Crippen molar-refractivity contribution in [1.82, 2.24) is 4.57 Å². The molecule has 0 fully saturated rings. The fraction of sp³-hybridized carbons (Fsp3) is 0.500. The van der Waals surface area contributed by atoms with Gasteiger partial charge in [0.2, 0.25) is 0 Å². The molecule has 0 saturated carbocycles. The van der Waals surface area contributed by atoms with E-state index in [1.807, 2.05) is 26.0 Å². The van der Waals surface area contributed by atoms with Crippen molar-refractivity contribution in [3.05, 3.63) is 46.8 Å². The number of benzene rings is 1. The van der Waals surface area contributed by atoms with Crippen molar-refractivity contribution >= 4 is 5.91 Å². The van der Waals surface area contributed by atoms with E-state index in [9.17, 15) is 4.79 Å². The second-order valence-electron chi connectivity index (χ2n) is 6.77. The molecule has 4 nitrogen and oxygen atoms in total. The van der Waals surface area contributed by atoms with Gasteiger partial charge in [-0.3, -0.25) is 4.79 Å². The first-order chi connectivity index (χ1) is 12.5. The molecule has 0 aliphatic carbocycles. The highest BCUT2D eigenvalue weighted by molar-refractivity contribution is 6.02. The summed E-state index contributed by atoms with van der Waals surface area (Å²) in [7, 11) is 0. The van der Waals surface area contributed by atoms with Gasteiger partial charge in [-0.05, 0) is 51.2 Å². The molecule has 1 amide bonds. The largest absolute Gasteiger partial charge is 0.382 e. The quantitative estimate of drug-likeness (QED) is 0.631. The van der Waals surface area contributed by atoms with Crippen LogP contribution in [0.5, 0.6) is 0 Å². The van der Waals surface area contributed by atoms with Gasteiger partial charge in [-0.15, -0.1) is 0 Å². The van der Waals surface area contributed by atoms with Gasteiger partial charge in [0, 0.05) is 36.7 Å². The molecule has 1 aromatic carbocycles. The van der Waals surface area contributed by atoms with E-state index in [0.29, 0.717) is 5.56 Å². The van der Waals surface area contributed by atoms with Gasteiger partial charge in [0.25, 0.3) is 5.91 Å². The standard InChI is InChI=1S/C22H32N2O2/c1-5-7-13-19-21(18-12-9-8-11-16(18)3)20(22(23)25)17(4)24(19)14-10-15-26-6-2/h8-9,11-12H,5-7,10,13-15H2,1-4H3,(H2,23,25). The Morgan fingerprint density at radius 3 is 2.50 bits per heavy atom. The van der Waals surface area contributed by atoms with Crippen molar-refractivity contribution in [3.8, 4) is 11.1 Å². The number of rotatable bonds is 10. The first-order valence-electron chi connectivity index (χ1n) is 9.68. The molecule has 0 aliphatic rings. The lowest BCUT2D eigenvalue weighted by Crippen LogP contribution is -2.14. The van der Waals surface area contributed by atoms with Crippen molar-refractivity contribution < 1.29 is 9.53 Å². The number of aromatic nitrogens is 1. The van der Waals surface area contributed by atoms with E-state index in [-0.39, 0.29) is 5.91 Å². The van der Waals surface area contributed by atoms with Gasteiger partial charge in [-0.1, -0.05) is 37.6 Å². The van der Waals surface area contributed by atoms with Gasteiger partial charge in [0.15, 0.2) is 0 Å². The molecule has 0 atom stereocenters. The number of primary amides is 1. The van der Waals surface area contributed by atoms with E-state index in [1.54, 1.807) is 0 Å². The van der Waals surface area contributed by atoms with Crippen molar-refractivity contribution in [1.29, 1.82) is 0 Å². The molecule has 0 radical (unpaired) electrons. The Morgan fingerprint density at radius 2 is 1.88 bits per heavy atom. The van der Waals surface area contributed by atoms with Crippen molar-refractivity contribution in [2.75, 3.05) is 13.2 Å². The summed E-state index contributed by atoms with van der Waals surface area (Å²) in [6.07, 6.45) is 4.07. The van der Waals surface area contributed by atoms with Crippen LogP contribution in [0.25, 0.3) is 11.1 Å².